The standard InChI is InChI=1S/C14H14.C7H8/c1-12-6-5-9-14(11-10-12)13-7-3-2-4-8-13;1-7-5-3-2-4-6-7/h2-12H,1H3;2-6H,1H3. The van der Waals surface area contributed by atoms with Gasteiger partial charge in [0.05, 0.1) is 0 Å². The van der Waals surface area contributed by atoms with Crippen LogP contribution in [0.4, 0.5) is 0 Å². The van der Waals surface area contributed by atoms with E-state index in [1.54, 1.807) is 0 Å². The Kier molecular flexibility index (Phi) is 5.78. The Bertz CT molecular complexity index is 616. The van der Waals surface area contributed by atoms with E-state index >= 15 is 0 Å². The third-order valence-corrected chi connectivity index (χ3v) is 3.32. The third-order valence-electron chi connectivity index (χ3n) is 3.32. The molecule has 0 fully saturated rings. The van der Waals surface area contributed by atoms with Crippen molar-refractivity contribution in [2.75, 3.05) is 0 Å². The van der Waals surface area contributed by atoms with E-state index in [0.717, 1.165) is 0 Å². The summed E-state index contributed by atoms with van der Waals surface area (Å²) in [5.74, 6) is 0.535. The molecule has 0 spiro atoms. The minimum atomic E-state index is 0.535. The van der Waals surface area contributed by atoms with E-state index in [9.17, 15) is 0 Å². The van der Waals surface area contributed by atoms with Crippen LogP contribution in [0.1, 0.15) is 18.1 Å². The molecule has 0 saturated heterocycles. The smallest absolute Gasteiger partial charge is 0.00754 e. The van der Waals surface area contributed by atoms with Crippen molar-refractivity contribution in [3.8, 4) is 0 Å². The second-order valence-electron chi connectivity index (χ2n) is 5.25. The first-order valence-electron chi connectivity index (χ1n) is 7.39. The van der Waals surface area contributed by atoms with E-state index in [-0.39, 0.29) is 0 Å². The number of benzene rings is 2. The molecule has 1 unspecified atom stereocenters. The normalized spacial score (nSPS) is 16.5. The van der Waals surface area contributed by atoms with Crippen LogP contribution in [-0.2, 0) is 0 Å². The SMILES string of the molecule is CC1C=CC=C(c2ccccc2)C=C1.Cc1ccccc1. The first-order valence-corrected chi connectivity index (χ1v) is 7.39. The molecule has 0 saturated carbocycles. The minimum absolute atomic E-state index is 0.535. The summed E-state index contributed by atoms with van der Waals surface area (Å²) in [6.07, 6.45) is 10.9. The monoisotopic (exact) mass is 274 g/mol. The lowest BCUT2D eigenvalue weighted by Crippen LogP contribution is -1.80. The van der Waals surface area contributed by atoms with Crippen LogP contribution in [-0.4, -0.2) is 0 Å². The molecule has 0 bridgehead atoms. The lowest BCUT2D eigenvalue weighted by molar-refractivity contribution is 0.943. The van der Waals surface area contributed by atoms with Gasteiger partial charge in [0.25, 0.3) is 0 Å². The van der Waals surface area contributed by atoms with Gasteiger partial charge in [0, 0.05) is 0 Å². The fraction of sp³-hybridized carbons (Fsp3) is 0.143. The van der Waals surface area contributed by atoms with Crippen LogP contribution in [0.15, 0.2) is 91.0 Å². The molecule has 0 heteroatoms. The van der Waals surface area contributed by atoms with E-state index in [1.165, 1.54) is 16.7 Å². The maximum Gasteiger partial charge on any atom is -0.00754 e. The Morgan fingerprint density at radius 3 is 1.95 bits per heavy atom. The molecule has 3 rings (SSSR count). The molecule has 2 aromatic rings. The van der Waals surface area contributed by atoms with Crippen LogP contribution in [0.25, 0.3) is 5.57 Å². The van der Waals surface area contributed by atoms with E-state index in [4.69, 9.17) is 0 Å². The average molecular weight is 274 g/mol. The van der Waals surface area contributed by atoms with Gasteiger partial charge in [-0.1, -0.05) is 104 Å². The summed E-state index contributed by atoms with van der Waals surface area (Å²) in [4.78, 5) is 0. The molecule has 2 aromatic carbocycles. The van der Waals surface area contributed by atoms with Gasteiger partial charge in [-0.3, -0.25) is 0 Å². The first kappa shape index (κ1) is 15.1. The van der Waals surface area contributed by atoms with Gasteiger partial charge in [0.2, 0.25) is 0 Å². The summed E-state index contributed by atoms with van der Waals surface area (Å²) in [5.41, 5.74) is 3.89. The summed E-state index contributed by atoms with van der Waals surface area (Å²) in [6.45, 7) is 4.27. The van der Waals surface area contributed by atoms with E-state index in [1.807, 2.05) is 24.3 Å². The zero-order valence-electron chi connectivity index (χ0n) is 12.7. The van der Waals surface area contributed by atoms with Gasteiger partial charge in [-0.2, -0.15) is 0 Å². The maximum atomic E-state index is 2.22. The Morgan fingerprint density at radius 2 is 1.38 bits per heavy atom. The largest absolute Gasteiger partial charge is 0.0779 e. The maximum absolute atomic E-state index is 2.22. The van der Waals surface area contributed by atoms with Gasteiger partial charge in [0.1, 0.15) is 0 Å². The van der Waals surface area contributed by atoms with Gasteiger partial charge >= 0.3 is 0 Å². The van der Waals surface area contributed by atoms with Crippen molar-refractivity contribution in [1.82, 2.24) is 0 Å². The van der Waals surface area contributed by atoms with Crippen molar-refractivity contribution < 1.29 is 0 Å². The zero-order valence-corrected chi connectivity index (χ0v) is 12.7. The number of aryl methyl sites for hydroxylation is 1. The van der Waals surface area contributed by atoms with Crippen LogP contribution in [0, 0.1) is 12.8 Å². The second-order valence-corrected chi connectivity index (χ2v) is 5.25. The van der Waals surface area contributed by atoms with E-state index < -0.39 is 0 Å². The van der Waals surface area contributed by atoms with Gasteiger partial charge in [-0.15, -0.1) is 0 Å². The van der Waals surface area contributed by atoms with Crippen LogP contribution >= 0.6 is 0 Å². The highest BCUT2D eigenvalue weighted by Crippen LogP contribution is 2.19. The Hall–Kier alpha value is -2.34. The summed E-state index contributed by atoms with van der Waals surface area (Å²) in [7, 11) is 0. The molecule has 1 atom stereocenters. The molecular formula is C21H22. The van der Waals surface area contributed by atoms with Crippen LogP contribution in [0.3, 0.4) is 0 Å². The molecular weight excluding hydrogens is 252 g/mol. The zero-order chi connectivity index (χ0) is 14.9. The molecule has 0 aromatic heterocycles. The van der Waals surface area contributed by atoms with Crippen molar-refractivity contribution in [1.29, 1.82) is 0 Å². The molecule has 106 valence electrons. The summed E-state index contributed by atoms with van der Waals surface area (Å²) in [5, 5.41) is 0. The molecule has 1 aliphatic carbocycles. The van der Waals surface area contributed by atoms with Gasteiger partial charge < -0.3 is 0 Å². The fourth-order valence-electron chi connectivity index (χ4n) is 2.07. The van der Waals surface area contributed by atoms with Crippen molar-refractivity contribution in [2.45, 2.75) is 13.8 Å². The van der Waals surface area contributed by atoms with E-state index in [0.29, 0.717) is 5.92 Å². The van der Waals surface area contributed by atoms with Gasteiger partial charge in [-0.05, 0) is 24.0 Å². The Morgan fingerprint density at radius 1 is 0.762 bits per heavy atom. The highest BCUT2D eigenvalue weighted by atomic mass is 14.0. The third kappa shape index (κ3) is 5.27. The predicted molar refractivity (Wildman–Crippen MR) is 93.0 cm³/mol. The molecule has 0 radical (unpaired) electrons. The quantitative estimate of drug-likeness (QED) is 0.614. The lowest BCUT2D eigenvalue weighted by atomic mass is 10.1. The number of hydrogen-bond acceptors (Lipinski definition) is 0. The van der Waals surface area contributed by atoms with Crippen molar-refractivity contribution in [2.24, 2.45) is 5.92 Å². The fourth-order valence-corrected chi connectivity index (χ4v) is 2.07. The number of allylic oxidation sites excluding steroid dienone is 6. The molecule has 0 amide bonds. The van der Waals surface area contributed by atoms with Crippen molar-refractivity contribution in [3.63, 3.8) is 0 Å². The van der Waals surface area contributed by atoms with E-state index in [2.05, 4.69) is 80.6 Å². The molecule has 1 aliphatic rings. The summed E-state index contributed by atoms with van der Waals surface area (Å²) < 4.78 is 0. The summed E-state index contributed by atoms with van der Waals surface area (Å²) >= 11 is 0. The predicted octanol–water partition coefficient (Wildman–Crippen LogP) is 5.83. The molecule has 0 nitrogen and oxygen atoms in total. The first-order chi connectivity index (χ1) is 10.3. The molecule has 0 N–H and O–H groups in total. The molecule has 0 heterocycles. The molecule has 21 heavy (non-hydrogen) atoms. The summed E-state index contributed by atoms with van der Waals surface area (Å²) in [6, 6.07) is 20.7. The topological polar surface area (TPSA) is 0 Å². The van der Waals surface area contributed by atoms with Crippen molar-refractivity contribution in [3.05, 3.63) is 102 Å². The van der Waals surface area contributed by atoms with Crippen molar-refractivity contribution >= 4 is 5.57 Å². The molecule has 0 aliphatic heterocycles. The van der Waals surface area contributed by atoms with Gasteiger partial charge in [-0.25, -0.2) is 0 Å². The van der Waals surface area contributed by atoms with Gasteiger partial charge in [0.15, 0.2) is 0 Å². The van der Waals surface area contributed by atoms with Crippen LogP contribution in [0.2, 0.25) is 0 Å². The van der Waals surface area contributed by atoms with Crippen LogP contribution < -0.4 is 0 Å². The number of rotatable bonds is 1. The highest BCUT2D eigenvalue weighted by Gasteiger charge is 1.99. The average Bonchev–Trinajstić information content (AvgIpc) is 2.74. The number of hydrogen-bond donors (Lipinski definition) is 0. The minimum Gasteiger partial charge on any atom is -0.0779 e. The second kappa shape index (κ2) is 8.06. The highest BCUT2D eigenvalue weighted by molar-refractivity contribution is 5.75. The lowest BCUT2D eigenvalue weighted by Gasteiger charge is -2.00. The Labute approximate surface area is 128 Å². The Balaban J connectivity index is 0.000000194. The van der Waals surface area contributed by atoms with Crippen LogP contribution in [0.5, 0.6) is 0 Å².